The molecule has 3 N–H and O–H groups in total. The number of ether oxygens (including phenoxy) is 1. The van der Waals surface area contributed by atoms with Crippen LogP contribution < -0.4 is 15.4 Å². The zero-order valence-electron chi connectivity index (χ0n) is 21.6. The van der Waals surface area contributed by atoms with E-state index in [2.05, 4.69) is 39.9 Å². The largest absolute Gasteiger partial charge is 0.497 e. The minimum Gasteiger partial charge on any atom is -0.497 e. The number of hydrogen-bond acceptors (Lipinski definition) is 3. The second-order valence-corrected chi connectivity index (χ2v) is 9.12. The lowest BCUT2D eigenvalue weighted by Gasteiger charge is -2.19. The molecule has 2 amide bonds. The zero-order valence-corrected chi connectivity index (χ0v) is 21.6. The van der Waals surface area contributed by atoms with E-state index in [0.29, 0.717) is 17.9 Å². The quantitative estimate of drug-likeness (QED) is 0.214. The average molecular weight is 516 g/mol. The van der Waals surface area contributed by atoms with Gasteiger partial charge in [0.15, 0.2) is 0 Å². The number of benzene rings is 4. The van der Waals surface area contributed by atoms with Crippen LogP contribution in [-0.4, -0.2) is 30.5 Å². The van der Waals surface area contributed by atoms with Gasteiger partial charge in [-0.05, 0) is 47.5 Å². The molecule has 0 saturated carbocycles. The summed E-state index contributed by atoms with van der Waals surface area (Å²) in [7, 11) is 1.61. The molecule has 6 nitrogen and oxygen atoms in total. The van der Waals surface area contributed by atoms with Crippen LogP contribution in [0.2, 0.25) is 0 Å². The topological polar surface area (TPSA) is 83.2 Å². The predicted molar refractivity (Wildman–Crippen MR) is 154 cm³/mol. The average Bonchev–Trinajstić information content (AvgIpc) is 3.40. The molecule has 0 aliphatic heterocycles. The Morgan fingerprint density at radius 1 is 0.846 bits per heavy atom. The summed E-state index contributed by atoms with van der Waals surface area (Å²) >= 11 is 0. The molecule has 0 spiro atoms. The van der Waals surface area contributed by atoms with Crippen molar-refractivity contribution in [2.75, 3.05) is 13.7 Å². The Balaban J connectivity index is 1.46. The maximum absolute atomic E-state index is 13.6. The molecule has 0 aliphatic rings. The third kappa shape index (κ3) is 6.08. The van der Waals surface area contributed by atoms with Crippen LogP contribution in [0.5, 0.6) is 5.75 Å². The number of methoxy groups -OCH3 is 1. The van der Waals surface area contributed by atoms with E-state index in [1.54, 1.807) is 37.5 Å². The van der Waals surface area contributed by atoms with E-state index in [9.17, 15) is 9.59 Å². The van der Waals surface area contributed by atoms with Crippen LogP contribution in [0.4, 0.5) is 0 Å². The Labute approximate surface area is 227 Å². The summed E-state index contributed by atoms with van der Waals surface area (Å²) in [4.78, 5) is 29.9. The van der Waals surface area contributed by atoms with Crippen molar-refractivity contribution in [3.8, 4) is 5.75 Å². The minimum atomic E-state index is -0.381. The van der Waals surface area contributed by atoms with E-state index >= 15 is 0 Å². The van der Waals surface area contributed by atoms with E-state index in [4.69, 9.17) is 4.74 Å². The molecule has 4 aromatic carbocycles. The summed E-state index contributed by atoms with van der Waals surface area (Å²) < 4.78 is 5.39. The summed E-state index contributed by atoms with van der Waals surface area (Å²) in [5.74, 6) is -0.102. The lowest BCUT2D eigenvalue weighted by molar-refractivity contribution is -0.117. The fraction of sp³-hybridized carbons (Fsp3) is 0.0909. The van der Waals surface area contributed by atoms with Gasteiger partial charge in [-0.15, -0.1) is 0 Å². The number of H-pyrrole nitrogens is 1. The molecule has 6 heteroatoms. The molecule has 5 aromatic rings. The molecule has 0 saturated heterocycles. The Kier molecular flexibility index (Phi) is 7.84. The molecule has 194 valence electrons. The van der Waals surface area contributed by atoms with Crippen molar-refractivity contribution in [2.24, 2.45) is 0 Å². The molecule has 0 aliphatic carbocycles. The third-order valence-electron chi connectivity index (χ3n) is 6.62. The molecular formula is C33H29N3O3. The lowest BCUT2D eigenvalue weighted by atomic mass is 9.91. The van der Waals surface area contributed by atoms with E-state index < -0.39 is 0 Å². The number of amides is 2. The Morgan fingerprint density at radius 3 is 2.08 bits per heavy atom. The van der Waals surface area contributed by atoms with Crippen molar-refractivity contribution in [2.45, 2.75) is 5.92 Å². The van der Waals surface area contributed by atoms with Crippen LogP contribution in [0.3, 0.4) is 0 Å². The normalized spacial score (nSPS) is 11.4. The van der Waals surface area contributed by atoms with Crippen LogP contribution >= 0.6 is 0 Å². The van der Waals surface area contributed by atoms with Crippen LogP contribution in [0, 0.1) is 0 Å². The first-order chi connectivity index (χ1) is 19.1. The van der Waals surface area contributed by atoms with E-state index in [0.717, 1.165) is 27.6 Å². The highest BCUT2D eigenvalue weighted by molar-refractivity contribution is 6.06. The van der Waals surface area contributed by atoms with Gasteiger partial charge in [-0.3, -0.25) is 9.59 Å². The summed E-state index contributed by atoms with van der Waals surface area (Å²) in [5.41, 5.74) is 4.43. The molecule has 0 radical (unpaired) electrons. The molecular weight excluding hydrogens is 486 g/mol. The van der Waals surface area contributed by atoms with Crippen molar-refractivity contribution < 1.29 is 14.3 Å². The highest BCUT2D eigenvalue weighted by atomic mass is 16.5. The molecule has 1 aromatic heterocycles. The fourth-order valence-corrected chi connectivity index (χ4v) is 4.55. The lowest BCUT2D eigenvalue weighted by Crippen LogP contribution is -2.37. The van der Waals surface area contributed by atoms with Crippen LogP contribution in [0.25, 0.3) is 17.0 Å². The van der Waals surface area contributed by atoms with Gasteiger partial charge in [-0.25, -0.2) is 0 Å². The van der Waals surface area contributed by atoms with Gasteiger partial charge in [0, 0.05) is 40.7 Å². The van der Waals surface area contributed by atoms with E-state index in [1.165, 1.54) is 0 Å². The number of hydrogen-bond donors (Lipinski definition) is 3. The van der Waals surface area contributed by atoms with Gasteiger partial charge < -0.3 is 20.4 Å². The van der Waals surface area contributed by atoms with E-state index in [-0.39, 0.29) is 23.4 Å². The predicted octanol–water partition coefficient (Wildman–Crippen LogP) is 5.90. The highest BCUT2D eigenvalue weighted by Crippen LogP contribution is 2.26. The van der Waals surface area contributed by atoms with Crippen molar-refractivity contribution in [3.63, 3.8) is 0 Å². The van der Waals surface area contributed by atoms with Gasteiger partial charge in [0.2, 0.25) is 0 Å². The summed E-state index contributed by atoms with van der Waals surface area (Å²) in [6, 6.07) is 34.6. The second-order valence-electron chi connectivity index (χ2n) is 9.12. The molecule has 0 bridgehead atoms. The van der Waals surface area contributed by atoms with Gasteiger partial charge in [-0.1, -0.05) is 78.9 Å². The minimum absolute atomic E-state index is 0.0558. The number of aromatic nitrogens is 1. The summed E-state index contributed by atoms with van der Waals surface area (Å²) in [6.45, 7) is 0.354. The number of aromatic amines is 1. The van der Waals surface area contributed by atoms with Gasteiger partial charge in [0.25, 0.3) is 11.8 Å². The number of nitrogens with one attached hydrogen (secondary N) is 3. The first kappa shape index (κ1) is 25.5. The zero-order chi connectivity index (χ0) is 27.0. The van der Waals surface area contributed by atoms with Crippen molar-refractivity contribution >= 4 is 28.8 Å². The summed E-state index contributed by atoms with van der Waals surface area (Å²) in [6.07, 6.45) is 3.50. The van der Waals surface area contributed by atoms with E-state index in [1.807, 2.05) is 66.9 Å². The first-order valence-corrected chi connectivity index (χ1v) is 12.7. The Bertz CT molecular complexity index is 1550. The molecule has 39 heavy (non-hydrogen) atoms. The van der Waals surface area contributed by atoms with Gasteiger partial charge >= 0.3 is 0 Å². The Morgan fingerprint density at radius 2 is 1.46 bits per heavy atom. The maximum atomic E-state index is 13.6. The van der Waals surface area contributed by atoms with Crippen LogP contribution in [0.15, 0.2) is 121 Å². The molecule has 5 rings (SSSR count). The van der Waals surface area contributed by atoms with Gasteiger partial charge in [0.05, 0.1) is 7.11 Å². The van der Waals surface area contributed by atoms with Crippen LogP contribution in [0.1, 0.15) is 33.0 Å². The summed E-state index contributed by atoms with van der Waals surface area (Å²) in [5, 5.41) is 6.77. The standard InChI is InChI=1S/C33H29N3O3/c1-39-27-17-18-30-28(20-27)26(21-34-30)19-31(36-32(37)25-15-9-4-10-16-25)33(38)35-22-29(23-11-5-2-6-12-23)24-13-7-3-8-14-24/h2-21,29,34H,22H2,1H3,(H,35,38)(H,36,37). The van der Waals surface area contributed by atoms with Crippen molar-refractivity contribution in [3.05, 3.63) is 143 Å². The highest BCUT2D eigenvalue weighted by Gasteiger charge is 2.19. The van der Waals surface area contributed by atoms with Crippen LogP contribution in [-0.2, 0) is 4.79 Å². The smallest absolute Gasteiger partial charge is 0.267 e. The monoisotopic (exact) mass is 515 g/mol. The number of rotatable bonds is 9. The molecule has 0 atom stereocenters. The maximum Gasteiger partial charge on any atom is 0.267 e. The SMILES string of the molecule is COc1ccc2[nH]cc(C=C(NC(=O)c3ccccc3)C(=O)NCC(c3ccccc3)c3ccccc3)c2c1. The number of carbonyl (C=O) groups excluding carboxylic acids is 2. The molecule has 1 heterocycles. The fourth-order valence-electron chi connectivity index (χ4n) is 4.55. The second kappa shape index (κ2) is 12.0. The van der Waals surface area contributed by atoms with Gasteiger partial charge in [-0.2, -0.15) is 0 Å². The Hall–Kier alpha value is -5.10. The third-order valence-corrected chi connectivity index (χ3v) is 6.62. The number of fused-ring (bicyclic) bond motifs is 1. The number of carbonyl (C=O) groups is 2. The molecule has 0 fully saturated rings. The van der Waals surface area contributed by atoms with Crippen molar-refractivity contribution in [1.82, 2.24) is 15.6 Å². The first-order valence-electron chi connectivity index (χ1n) is 12.7. The van der Waals surface area contributed by atoms with Gasteiger partial charge in [0.1, 0.15) is 11.4 Å². The molecule has 0 unspecified atom stereocenters. The van der Waals surface area contributed by atoms with Crippen molar-refractivity contribution in [1.29, 1.82) is 0 Å².